The van der Waals surface area contributed by atoms with Crippen molar-refractivity contribution in [2.24, 2.45) is 0 Å². The van der Waals surface area contributed by atoms with Crippen LogP contribution < -0.4 is 0 Å². The van der Waals surface area contributed by atoms with Crippen LogP contribution >= 0.6 is 0 Å². The quantitative estimate of drug-likeness (QED) is 0.662. The number of aryl methyl sites for hydroxylation is 1. The topological polar surface area (TPSA) is 4.93 Å². The Balaban J connectivity index is 3.39. The third kappa shape index (κ3) is 1.88. The molecule has 1 heterocycles. The summed E-state index contributed by atoms with van der Waals surface area (Å²) in [7, 11) is -1.48. The van der Waals surface area contributed by atoms with Gasteiger partial charge in [0.05, 0.1) is 0 Å². The first-order valence-corrected chi connectivity index (χ1v) is 8.67. The van der Waals surface area contributed by atoms with Crippen molar-refractivity contribution in [3.63, 3.8) is 0 Å². The molecular formula is C14H27NSi. The van der Waals surface area contributed by atoms with E-state index in [4.69, 9.17) is 0 Å². The molecule has 0 spiro atoms. The molecule has 1 aromatic heterocycles. The van der Waals surface area contributed by atoms with E-state index in [2.05, 4.69) is 71.0 Å². The van der Waals surface area contributed by atoms with Gasteiger partial charge in [0, 0.05) is 5.69 Å². The first kappa shape index (κ1) is 13.6. The third-order valence-corrected chi connectivity index (χ3v) is 11.0. The Morgan fingerprint density at radius 1 is 0.938 bits per heavy atom. The predicted molar refractivity (Wildman–Crippen MR) is 75.6 cm³/mol. The lowest BCUT2D eigenvalue weighted by Crippen LogP contribution is -2.52. The zero-order valence-corrected chi connectivity index (χ0v) is 12.9. The lowest BCUT2D eigenvalue weighted by molar-refractivity contribution is 0.758. The minimum Gasteiger partial charge on any atom is -0.377 e. The lowest BCUT2D eigenvalue weighted by atomic mass is 10.5. The van der Waals surface area contributed by atoms with Crippen molar-refractivity contribution in [1.82, 2.24) is 4.23 Å². The molecule has 0 saturated carbocycles. The molecule has 0 fully saturated rings. The maximum absolute atomic E-state index is 2.63. The summed E-state index contributed by atoms with van der Waals surface area (Å²) >= 11 is 0. The minimum absolute atomic E-state index is 0.776. The van der Waals surface area contributed by atoms with E-state index in [1.54, 1.807) is 0 Å². The lowest BCUT2D eigenvalue weighted by Gasteiger charge is -2.45. The van der Waals surface area contributed by atoms with Gasteiger partial charge in [-0.3, -0.25) is 0 Å². The van der Waals surface area contributed by atoms with Crippen LogP contribution in [0.15, 0.2) is 18.3 Å². The molecule has 0 saturated heterocycles. The Kier molecular flexibility index (Phi) is 4.05. The summed E-state index contributed by atoms with van der Waals surface area (Å²) in [6.07, 6.45) is 2.31. The first-order chi connectivity index (χ1) is 7.35. The van der Waals surface area contributed by atoms with Crippen LogP contribution in [0, 0.1) is 6.92 Å². The second-order valence-corrected chi connectivity index (χ2v) is 11.6. The number of rotatable bonds is 4. The van der Waals surface area contributed by atoms with Gasteiger partial charge in [-0.05, 0) is 41.9 Å². The fourth-order valence-corrected chi connectivity index (χ4v) is 10.4. The molecule has 0 aliphatic rings. The van der Waals surface area contributed by atoms with Gasteiger partial charge in [-0.15, -0.1) is 0 Å². The van der Waals surface area contributed by atoms with Gasteiger partial charge in [0.25, 0.3) is 0 Å². The molecule has 2 heteroatoms. The summed E-state index contributed by atoms with van der Waals surface area (Å²) in [5.74, 6) is 0. The highest BCUT2D eigenvalue weighted by atomic mass is 28.3. The van der Waals surface area contributed by atoms with Crippen LogP contribution in [0.3, 0.4) is 0 Å². The van der Waals surface area contributed by atoms with Crippen LogP contribution in [-0.2, 0) is 0 Å². The summed E-state index contributed by atoms with van der Waals surface area (Å²) in [5, 5.41) is 0. The van der Waals surface area contributed by atoms with Crippen molar-refractivity contribution >= 4 is 8.24 Å². The molecule has 1 rings (SSSR count). The van der Waals surface area contributed by atoms with E-state index in [9.17, 15) is 0 Å². The molecule has 0 radical (unpaired) electrons. The van der Waals surface area contributed by atoms with Crippen LogP contribution in [-0.4, -0.2) is 12.5 Å². The molecule has 0 aliphatic carbocycles. The predicted octanol–water partition coefficient (Wildman–Crippen LogP) is 4.82. The smallest absolute Gasteiger partial charge is 0.169 e. The van der Waals surface area contributed by atoms with Crippen LogP contribution in [0.4, 0.5) is 0 Å². The van der Waals surface area contributed by atoms with Crippen molar-refractivity contribution in [3.05, 3.63) is 24.0 Å². The maximum atomic E-state index is 2.63. The first-order valence-electron chi connectivity index (χ1n) is 6.49. The fraction of sp³-hybridized carbons (Fsp3) is 0.714. The van der Waals surface area contributed by atoms with E-state index in [-0.39, 0.29) is 0 Å². The highest BCUT2D eigenvalue weighted by Gasteiger charge is 2.45. The zero-order valence-electron chi connectivity index (χ0n) is 11.9. The highest BCUT2D eigenvalue weighted by Crippen LogP contribution is 2.43. The van der Waals surface area contributed by atoms with Crippen LogP contribution in [0.25, 0.3) is 0 Å². The van der Waals surface area contributed by atoms with E-state index in [1.165, 1.54) is 5.69 Å². The number of hydrogen-bond acceptors (Lipinski definition) is 0. The molecular weight excluding hydrogens is 210 g/mol. The van der Waals surface area contributed by atoms with Gasteiger partial charge in [-0.2, -0.15) is 0 Å². The van der Waals surface area contributed by atoms with Crippen molar-refractivity contribution in [1.29, 1.82) is 0 Å². The minimum atomic E-state index is -1.48. The molecule has 0 aliphatic heterocycles. The van der Waals surface area contributed by atoms with E-state index in [0.717, 1.165) is 16.6 Å². The summed E-state index contributed by atoms with van der Waals surface area (Å²) < 4.78 is 2.63. The van der Waals surface area contributed by atoms with Crippen LogP contribution in [0.2, 0.25) is 16.6 Å². The average molecular weight is 237 g/mol. The average Bonchev–Trinajstić information content (AvgIpc) is 2.51. The van der Waals surface area contributed by atoms with Crippen molar-refractivity contribution in [2.45, 2.75) is 65.1 Å². The molecule has 1 nitrogen and oxygen atoms in total. The molecule has 0 atom stereocenters. The largest absolute Gasteiger partial charge is 0.377 e. The number of nitrogens with zero attached hydrogens (tertiary/aromatic N) is 1. The highest BCUT2D eigenvalue weighted by molar-refractivity contribution is 6.82. The van der Waals surface area contributed by atoms with Gasteiger partial charge < -0.3 is 4.23 Å². The number of hydrogen-bond donors (Lipinski definition) is 0. The molecule has 16 heavy (non-hydrogen) atoms. The molecule has 0 aromatic carbocycles. The second kappa shape index (κ2) is 4.78. The Hall–Kier alpha value is -0.503. The summed E-state index contributed by atoms with van der Waals surface area (Å²) in [4.78, 5) is 0. The van der Waals surface area contributed by atoms with E-state index < -0.39 is 8.24 Å². The van der Waals surface area contributed by atoms with Crippen molar-refractivity contribution in [3.8, 4) is 0 Å². The third-order valence-electron chi connectivity index (χ3n) is 4.14. The zero-order chi connectivity index (χ0) is 12.5. The standard InChI is InChI=1S/C14H27NSi/c1-11(2)16(12(3)4,13(5)6)15-10-8-9-14(15)7/h8-13H,1-7H3. The monoisotopic (exact) mass is 237 g/mol. The van der Waals surface area contributed by atoms with Gasteiger partial charge >= 0.3 is 0 Å². The van der Waals surface area contributed by atoms with Crippen molar-refractivity contribution < 1.29 is 0 Å². The number of aromatic nitrogens is 1. The van der Waals surface area contributed by atoms with E-state index >= 15 is 0 Å². The van der Waals surface area contributed by atoms with E-state index in [0.29, 0.717) is 0 Å². The molecule has 92 valence electrons. The summed E-state index contributed by atoms with van der Waals surface area (Å²) in [6.45, 7) is 16.7. The van der Waals surface area contributed by atoms with Crippen LogP contribution in [0.1, 0.15) is 47.2 Å². The Morgan fingerprint density at radius 2 is 1.38 bits per heavy atom. The van der Waals surface area contributed by atoms with Gasteiger partial charge in [0.1, 0.15) is 0 Å². The van der Waals surface area contributed by atoms with Crippen LogP contribution in [0.5, 0.6) is 0 Å². The molecule has 0 N–H and O–H groups in total. The second-order valence-electron chi connectivity index (χ2n) is 5.87. The molecule has 0 amide bonds. The fourth-order valence-electron chi connectivity index (χ4n) is 3.74. The van der Waals surface area contributed by atoms with E-state index in [1.807, 2.05) is 0 Å². The normalized spacial score (nSPS) is 13.1. The summed E-state index contributed by atoms with van der Waals surface area (Å²) in [5.41, 5.74) is 3.76. The van der Waals surface area contributed by atoms with Gasteiger partial charge in [0.15, 0.2) is 8.24 Å². The molecule has 1 aromatic rings. The maximum Gasteiger partial charge on any atom is 0.169 e. The Morgan fingerprint density at radius 3 is 1.62 bits per heavy atom. The Labute approximate surface area is 102 Å². The molecule has 0 bridgehead atoms. The van der Waals surface area contributed by atoms with Crippen molar-refractivity contribution in [2.75, 3.05) is 0 Å². The Bertz CT molecular complexity index is 314. The van der Waals surface area contributed by atoms with Gasteiger partial charge in [0.2, 0.25) is 0 Å². The van der Waals surface area contributed by atoms with Gasteiger partial charge in [-0.1, -0.05) is 41.5 Å². The summed E-state index contributed by atoms with van der Waals surface area (Å²) in [6, 6.07) is 4.44. The molecule has 0 unspecified atom stereocenters. The SMILES string of the molecule is Cc1cccn1[Si](C(C)C)(C(C)C)C(C)C. The van der Waals surface area contributed by atoms with Gasteiger partial charge in [-0.25, -0.2) is 0 Å².